The Bertz CT molecular complexity index is 755. The molecule has 0 aliphatic carbocycles. The minimum Gasteiger partial charge on any atom is -0.256 e. The number of rotatable bonds is 5. The number of aryl methyl sites for hydroxylation is 2. The molecular formula is C22H23N. The van der Waals surface area contributed by atoms with Gasteiger partial charge in [0.25, 0.3) is 0 Å². The fourth-order valence-electron chi connectivity index (χ4n) is 2.74. The highest BCUT2D eigenvalue weighted by Gasteiger charge is 2.03. The Morgan fingerprint density at radius 2 is 1.61 bits per heavy atom. The van der Waals surface area contributed by atoms with E-state index in [0.717, 1.165) is 11.3 Å². The number of hydrogen-bond acceptors (Lipinski definition) is 1. The first kappa shape index (κ1) is 15.5. The summed E-state index contributed by atoms with van der Waals surface area (Å²) in [6, 6.07) is 21.8. The Balaban J connectivity index is 1.86. The van der Waals surface area contributed by atoms with Crippen LogP contribution in [0, 0.1) is 6.92 Å². The van der Waals surface area contributed by atoms with Crippen LogP contribution in [0.1, 0.15) is 30.9 Å². The van der Waals surface area contributed by atoms with Crippen molar-refractivity contribution in [3.8, 4) is 22.4 Å². The number of nitrogens with zero attached hydrogens (tertiary/aromatic N) is 1. The van der Waals surface area contributed by atoms with Gasteiger partial charge in [-0.25, -0.2) is 0 Å². The molecule has 0 aliphatic rings. The fraction of sp³-hybridized carbons (Fsp3) is 0.227. The second-order valence-electron chi connectivity index (χ2n) is 6.10. The first-order valence-corrected chi connectivity index (χ1v) is 8.38. The lowest BCUT2D eigenvalue weighted by molar-refractivity contribution is 0.795. The maximum Gasteiger partial charge on any atom is 0.0702 e. The summed E-state index contributed by atoms with van der Waals surface area (Å²) in [7, 11) is 0. The molecule has 0 amide bonds. The lowest BCUT2D eigenvalue weighted by Crippen LogP contribution is -1.87. The normalized spacial score (nSPS) is 10.7. The van der Waals surface area contributed by atoms with Gasteiger partial charge < -0.3 is 0 Å². The SMILES string of the molecule is CCCCc1ccc(-c2cccc(-c3ccc(C)cn3)c2)cc1. The molecule has 0 N–H and O–H groups in total. The molecule has 0 radical (unpaired) electrons. The molecular weight excluding hydrogens is 278 g/mol. The number of pyridine rings is 1. The molecule has 0 atom stereocenters. The van der Waals surface area contributed by atoms with Crippen LogP contribution in [-0.4, -0.2) is 4.98 Å². The monoisotopic (exact) mass is 301 g/mol. The predicted molar refractivity (Wildman–Crippen MR) is 98.5 cm³/mol. The first-order chi connectivity index (χ1) is 11.3. The summed E-state index contributed by atoms with van der Waals surface area (Å²) < 4.78 is 0. The van der Waals surface area contributed by atoms with Gasteiger partial charge in [0.1, 0.15) is 0 Å². The van der Waals surface area contributed by atoms with Crippen molar-refractivity contribution in [1.82, 2.24) is 4.98 Å². The van der Waals surface area contributed by atoms with Crippen molar-refractivity contribution in [3.63, 3.8) is 0 Å². The quantitative estimate of drug-likeness (QED) is 0.557. The molecule has 3 rings (SSSR count). The van der Waals surface area contributed by atoms with Crippen LogP contribution in [0.25, 0.3) is 22.4 Å². The van der Waals surface area contributed by atoms with Gasteiger partial charge in [-0.1, -0.05) is 61.9 Å². The largest absolute Gasteiger partial charge is 0.256 e. The molecule has 3 aromatic rings. The number of unbranched alkanes of at least 4 members (excludes halogenated alkanes) is 1. The van der Waals surface area contributed by atoms with Gasteiger partial charge in [-0.05, 0) is 54.2 Å². The zero-order valence-corrected chi connectivity index (χ0v) is 13.9. The number of benzene rings is 2. The van der Waals surface area contributed by atoms with Crippen molar-refractivity contribution < 1.29 is 0 Å². The maximum absolute atomic E-state index is 4.53. The minimum atomic E-state index is 1.03. The second-order valence-corrected chi connectivity index (χ2v) is 6.10. The molecule has 1 aromatic heterocycles. The molecule has 1 heterocycles. The standard InChI is InChI=1S/C22H23N/c1-3-4-6-18-10-12-19(13-11-18)20-7-5-8-21(15-20)22-14-9-17(2)16-23-22/h5,7-16H,3-4,6H2,1-2H3. The summed E-state index contributed by atoms with van der Waals surface area (Å²) in [5.41, 5.74) is 7.31. The smallest absolute Gasteiger partial charge is 0.0702 e. The predicted octanol–water partition coefficient (Wildman–Crippen LogP) is 6.07. The highest BCUT2D eigenvalue weighted by molar-refractivity contribution is 5.71. The van der Waals surface area contributed by atoms with Crippen molar-refractivity contribution in [1.29, 1.82) is 0 Å². The van der Waals surface area contributed by atoms with E-state index >= 15 is 0 Å². The van der Waals surface area contributed by atoms with E-state index in [1.807, 2.05) is 6.20 Å². The zero-order chi connectivity index (χ0) is 16.1. The maximum atomic E-state index is 4.53. The number of aromatic nitrogens is 1. The molecule has 0 saturated carbocycles. The van der Waals surface area contributed by atoms with E-state index in [2.05, 4.69) is 79.5 Å². The molecule has 2 aromatic carbocycles. The van der Waals surface area contributed by atoms with E-state index in [4.69, 9.17) is 0 Å². The molecule has 0 spiro atoms. The average molecular weight is 301 g/mol. The van der Waals surface area contributed by atoms with E-state index < -0.39 is 0 Å². The van der Waals surface area contributed by atoms with Gasteiger partial charge in [-0.3, -0.25) is 4.98 Å². The van der Waals surface area contributed by atoms with E-state index in [1.54, 1.807) is 0 Å². The van der Waals surface area contributed by atoms with Gasteiger partial charge in [0.15, 0.2) is 0 Å². The van der Waals surface area contributed by atoms with Crippen LogP contribution in [0.5, 0.6) is 0 Å². The Hall–Kier alpha value is -2.41. The first-order valence-electron chi connectivity index (χ1n) is 8.38. The lowest BCUT2D eigenvalue weighted by atomic mass is 9.99. The van der Waals surface area contributed by atoms with Crippen LogP contribution in [0.3, 0.4) is 0 Å². The Labute approximate surface area is 139 Å². The van der Waals surface area contributed by atoms with Crippen molar-refractivity contribution >= 4 is 0 Å². The molecule has 1 nitrogen and oxygen atoms in total. The second kappa shape index (κ2) is 7.23. The van der Waals surface area contributed by atoms with Crippen molar-refractivity contribution in [3.05, 3.63) is 78.0 Å². The Morgan fingerprint density at radius 1 is 0.826 bits per heavy atom. The zero-order valence-electron chi connectivity index (χ0n) is 13.9. The van der Waals surface area contributed by atoms with E-state index in [0.29, 0.717) is 0 Å². The molecule has 0 bridgehead atoms. The van der Waals surface area contributed by atoms with Crippen molar-refractivity contribution in [2.75, 3.05) is 0 Å². The van der Waals surface area contributed by atoms with E-state index in [1.165, 1.54) is 41.5 Å². The summed E-state index contributed by atoms with van der Waals surface area (Å²) in [6.45, 7) is 4.30. The van der Waals surface area contributed by atoms with Gasteiger partial charge in [0.05, 0.1) is 5.69 Å². The van der Waals surface area contributed by atoms with Crippen LogP contribution in [0.2, 0.25) is 0 Å². The molecule has 23 heavy (non-hydrogen) atoms. The van der Waals surface area contributed by atoms with Gasteiger partial charge in [0, 0.05) is 11.8 Å². The van der Waals surface area contributed by atoms with E-state index in [9.17, 15) is 0 Å². The fourth-order valence-corrected chi connectivity index (χ4v) is 2.74. The lowest BCUT2D eigenvalue weighted by Gasteiger charge is -2.07. The highest BCUT2D eigenvalue weighted by atomic mass is 14.7. The van der Waals surface area contributed by atoms with Crippen LogP contribution in [0.4, 0.5) is 0 Å². The third kappa shape index (κ3) is 3.87. The molecule has 0 saturated heterocycles. The van der Waals surface area contributed by atoms with Gasteiger partial charge in [0.2, 0.25) is 0 Å². The van der Waals surface area contributed by atoms with Gasteiger partial charge in [-0.2, -0.15) is 0 Å². The van der Waals surface area contributed by atoms with Crippen LogP contribution in [-0.2, 0) is 6.42 Å². The number of hydrogen-bond donors (Lipinski definition) is 0. The van der Waals surface area contributed by atoms with Crippen molar-refractivity contribution in [2.45, 2.75) is 33.1 Å². The van der Waals surface area contributed by atoms with Crippen LogP contribution in [0.15, 0.2) is 66.9 Å². The highest BCUT2D eigenvalue weighted by Crippen LogP contribution is 2.26. The topological polar surface area (TPSA) is 12.9 Å². The average Bonchev–Trinajstić information content (AvgIpc) is 2.61. The molecule has 1 heteroatoms. The summed E-state index contributed by atoms with van der Waals surface area (Å²) in [6.07, 6.45) is 5.59. The van der Waals surface area contributed by atoms with E-state index in [-0.39, 0.29) is 0 Å². The molecule has 0 unspecified atom stereocenters. The van der Waals surface area contributed by atoms with Gasteiger partial charge >= 0.3 is 0 Å². The molecule has 0 aliphatic heterocycles. The minimum absolute atomic E-state index is 1.03. The summed E-state index contributed by atoms with van der Waals surface area (Å²) in [5, 5.41) is 0. The van der Waals surface area contributed by atoms with Crippen LogP contribution >= 0.6 is 0 Å². The summed E-state index contributed by atoms with van der Waals surface area (Å²) >= 11 is 0. The van der Waals surface area contributed by atoms with Crippen molar-refractivity contribution in [2.24, 2.45) is 0 Å². The third-order valence-electron chi connectivity index (χ3n) is 4.18. The van der Waals surface area contributed by atoms with Gasteiger partial charge in [-0.15, -0.1) is 0 Å². The molecule has 116 valence electrons. The van der Waals surface area contributed by atoms with Crippen LogP contribution < -0.4 is 0 Å². The molecule has 0 fully saturated rings. The third-order valence-corrected chi connectivity index (χ3v) is 4.18. The Kier molecular flexibility index (Phi) is 4.87. The Morgan fingerprint density at radius 3 is 2.30 bits per heavy atom. The summed E-state index contributed by atoms with van der Waals surface area (Å²) in [5.74, 6) is 0. The summed E-state index contributed by atoms with van der Waals surface area (Å²) in [4.78, 5) is 4.53.